The molecule has 218 valence electrons. The van der Waals surface area contributed by atoms with Gasteiger partial charge in [-0.2, -0.15) is 0 Å². The Hall–Kier alpha value is -5.39. The monoisotopic (exact) mass is 577 g/mol. The molecule has 2 heterocycles. The Morgan fingerprint density at radius 2 is 1.67 bits per heavy atom. The Balaban J connectivity index is 1.14. The maximum absolute atomic E-state index is 13.0. The van der Waals surface area contributed by atoms with E-state index in [1.165, 1.54) is 4.90 Å². The third-order valence-electron chi connectivity index (χ3n) is 7.30. The first-order valence-electron chi connectivity index (χ1n) is 14.1. The molecule has 12 heteroatoms. The van der Waals surface area contributed by atoms with Crippen molar-refractivity contribution in [2.45, 2.75) is 32.7 Å². The second kappa shape index (κ2) is 11.8. The van der Waals surface area contributed by atoms with E-state index in [4.69, 9.17) is 4.74 Å². The third kappa shape index (κ3) is 5.85. The topological polar surface area (TPSA) is 144 Å². The molecule has 1 amide bonds. The van der Waals surface area contributed by atoms with Gasteiger partial charge in [0.15, 0.2) is 5.82 Å². The van der Waals surface area contributed by atoms with Crippen LogP contribution in [-0.4, -0.2) is 65.1 Å². The van der Waals surface area contributed by atoms with Crippen LogP contribution in [0.1, 0.15) is 30.3 Å². The molecular formula is C31H31N9O3. The van der Waals surface area contributed by atoms with Crippen LogP contribution in [-0.2, 0) is 26.4 Å². The van der Waals surface area contributed by atoms with Crippen LogP contribution >= 0.6 is 0 Å². The molecule has 2 N–H and O–H groups in total. The Bertz CT molecular complexity index is 1770. The number of ether oxygens (including phenoxy) is 1. The molecule has 5 aromatic rings. The maximum atomic E-state index is 13.0. The molecule has 0 saturated carbocycles. The number of amides is 1. The van der Waals surface area contributed by atoms with Crippen molar-refractivity contribution in [3.05, 3.63) is 77.6 Å². The predicted octanol–water partition coefficient (Wildman–Crippen LogP) is 4.65. The first-order chi connectivity index (χ1) is 20.9. The zero-order chi connectivity index (χ0) is 29.9. The number of carbonyl (C=O) groups excluding carboxylic acids is 1. The summed E-state index contributed by atoms with van der Waals surface area (Å²) in [5, 5.41) is 38.8. The zero-order valence-electron chi connectivity index (χ0n) is 24.2. The summed E-state index contributed by atoms with van der Waals surface area (Å²) in [5.74, 6) is 1.31. The number of phenolic OH excluding ortho intramolecular Hbond substituents is 1. The van der Waals surface area contributed by atoms with Crippen LogP contribution in [0.25, 0.3) is 33.9 Å². The van der Waals surface area contributed by atoms with E-state index in [2.05, 4.69) is 42.9 Å². The minimum Gasteiger partial charge on any atom is -0.508 e. The van der Waals surface area contributed by atoms with Gasteiger partial charge in [0.1, 0.15) is 17.2 Å². The van der Waals surface area contributed by atoms with Crippen molar-refractivity contribution in [1.82, 2.24) is 40.3 Å². The number of anilines is 1. The lowest BCUT2D eigenvalue weighted by molar-refractivity contribution is 0.159. The Morgan fingerprint density at radius 1 is 0.953 bits per heavy atom. The molecule has 2 aromatic heterocycles. The van der Waals surface area contributed by atoms with Crippen LogP contribution in [0.15, 0.2) is 60.7 Å². The van der Waals surface area contributed by atoms with E-state index in [9.17, 15) is 9.90 Å². The van der Waals surface area contributed by atoms with Crippen molar-refractivity contribution in [3.63, 3.8) is 0 Å². The summed E-state index contributed by atoms with van der Waals surface area (Å²) < 4.78 is 7.44. The Labute approximate surface area is 248 Å². The summed E-state index contributed by atoms with van der Waals surface area (Å²) >= 11 is 0. The van der Waals surface area contributed by atoms with Crippen LogP contribution in [0.2, 0.25) is 0 Å². The second-order valence-corrected chi connectivity index (χ2v) is 10.4. The van der Waals surface area contributed by atoms with E-state index in [-0.39, 0.29) is 12.3 Å². The normalized spacial score (nSPS) is 11.9. The lowest BCUT2D eigenvalue weighted by atomic mass is 9.89. The highest BCUT2D eigenvalue weighted by molar-refractivity contribution is 5.83. The van der Waals surface area contributed by atoms with E-state index < -0.39 is 6.09 Å². The fourth-order valence-corrected chi connectivity index (χ4v) is 5.09. The lowest BCUT2D eigenvalue weighted by Gasteiger charge is -2.19. The Kier molecular flexibility index (Phi) is 7.65. The molecule has 1 aliphatic rings. The third-order valence-corrected chi connectivity index (χ3v) is 7.30. The number of nitrogens with zero attached hydrogens (tertiary/aromatic N) is 8. The molecule has 1 aliphatic carbocycles. The zero-order valence-corrected chi connectivity index (χ0v) is 24.2. The summed E-state index contributed by atoms with van der Waals surface area (Å²) in [6, 6.07) is 18.6. The number of fused-ring (bicyclic) bond motifs is 5. The maximum Gasteiger partial charge on any atom is 0.415 e. The van der Waals surface area contributed by atoms with Crippen molar-refractivity contribution in [3.8, 4) is 45.4 Å². The molecule has 0 saturated heterocycles. The highest BCUT2D eigenvalue weighted by Gasteiger charge is 2.24. The number of hydrogen-bond donors (Lipinski definition) is 2. The first-order valence-corrected chi connectivity index (χ1v) is 14.1. The summed E-state index contributed by atoms with van der Waals surface area (Å²) in [5.41, 5.74) is 7.30. The van der Waals surface area contributed by atoms with E-state index in [0.29, 0.717) is 30.2 Å². The number of nitrogens with one attached hydrogen (secondary N) is 1. The van der Waals surface area contributed by atoms with Gasteiger partial charge in [0.2, 0.25) is 5.82 Å². The van der Waals surface area contributed by atoms with E-state index in [1.54, 1.807) is 29.9 Å². The fourth-order valence-electron chi connectivity index (χ4n) is 5.09. The quantitative estimate of drug-likeness (QED) is 0.280. The van der Waals surface area contributed by atoms with Gasteiger partial charge in [-0.3, -0.25) is 0 Å². The van der Waals surface area contributed by atoms with Gasteiger partial charge in [-0.15, -0.1) is 25.5 Å². The van der Waals surface area contributed by atoms with Gasteiger partial charge < -0.3 is 20.1 Å². The number of aromatic nitrogens is 7. The lowest BCUT2D eigenvalue weighted by Crippen LogP contribution is -2.30. The molecule has 3 aromatic carbocycles. The van der Waals surface area contributed by atoms with Crippen molar-refractivity contribution < 1.29 is 14.6 Å². The van der Waals surface area contributed by atoms with Gasteiger partial charge in [0.25, 0.3) is 0 Å². The average molecular weight is 578 g/mol. The predicted molar refractivity (Wildman–Crippen MR) is 160 cm³/mol. The smallest absolute Gasteiger partial charge is 0.415 e. The highest BCUT2D eigenvalue weighted by Crippen LogP contribution is 2.39. The fraction of sp³-hybridized carbons (Fsp3) is 0.258. The van der Waals surface area contributed by atoms with Crippen LogP contribution < -0.4 is 10.1 Å². The van der Waals surface area contributed by atoms with Gasteiger partial charge in [0, 0.05) is 43.0 Å². The van der Waals surface area contributed by atoms with Gasteiger partial charge in [-0.1, -0.05) is 12.1 Å². The van der Waals surface area contributed by atoms with Crippen LogP contribution in [0.5, 0.6) is 11.5 Å². The van der Waals surface area contributed by atoms with Gasteiger partial charge in [-0.05, 0) is 91.1 Å². The molecule has 0 radical (unpaired) electrons. The molecule has 0 fully saturated rings. The summed E-state index contributed by atoms with van der Waals surface area (Å²) in [7, 11) is 3.45. The summed E-state index contributed by atoms with van der Waals surface area (Å²) in [4.78, 5) is 14.3. The van der Waals surface area contributed by atoms with Crippen LogP contribution in [0, 0.1) is 0 Å². The van der Waals surface area contributed by atoms with Crippen molar-refractivity contribution in [2.75, 3.05) is 18.9 Å². The Morgan fingerprint density at radius 3 is 2.42 bits per heavy atom. The number of hydrogen-bond acceptors (Lipinski definition) is 10. The SMILES string of the molecule is CCCNc1ccc(-c2nnc(CN(C)C(=O)Oc3ccc4c(c3)CCc3cc(O)ccc3-c3c-4nnn3C)nn2)cc1. The van der Waals surface area contributed by atoms with E-state index in [1.807, 2.05) is 49.5 Å². The molecule has 0 aliphatic heterocycles. The standard InChI is InChI=1S/C31H31N9O3/c1-4-15-32-22-9-7-19(8-10-22)30-36-33-27(34-37-30)18-39(2)31(42)43-24-12-14-25-21(17-24)6-5-20-16-23(41)11-13-26(20)29-28(25)35-38-40(29)3/h7-14,16-17,32,41H,4-6,15,18H2,1-3H3. The van der Waals surface area contributed by atoms with Gasteiger partial charge in [0.05, 0.1) is 12.2 Å². The second-order valence-electron chi connectivity index (χ2n) is 10.4. The highest BCUT2D eigenvalue weighted by atomic mass is 16.6. The number of rotatable bonds is 7. The summed E-state index contributed by atoms with van der Waals surface area (Å²) in [6.45, 7) is 3.10. The first kappa shape index (κ1) is 27.8. The molecule has 6 rings (SSSR count). The number of benzene rings is 3. The number of carbonyl (C=O) groups is 1. The van der Waals surface area contributed by atoms with Crippen molar-refractivity contribution in [2.24, 2.45) is 7.05 Å². The molecule has 0 unspecified atom stereocenters. The van der Waals surface area contributed by atoms with E-state index in [0.717, 1.165) is 57.9 Å². The minimum atomic E-state index is -0.566. The van der Waals surface area contributed by atoms with Crippen LogP contribution in [0.4, 0.5) is 10.5 Å². The van der Waals surface area contributed by atoms with Gasteiger partial charge in [-0.25, -0.2) is 9.48 Å². The van der Waals surface area contributed by atoms with Crippen molar-refractivity contribution in [1.29, 1.82) is 0 Å². The summed E-state index contributed by atoms with van der Waals surface area (Å²) in [6.07, 6.45) is 1.83. The average Bonchev–Trinajstić information content (AvgIpc) is 3.39. The molecule has 0 bridgehead atoms. The molecule has 12 nitrogen and oxygen atoms in total. The van der Waals surface area contributed by atoms with E-state index >= 15 is 0 Å². The largest absolute Gasteiger partial charge is 0.508 e. The van der Waals surface area contributed by atoms with Gasteiger partial charge >= 0.3 is 6.09 Å². The molecule has 0 spiro atoms. The molecule has 43 heavy (non-hydrogen) atoms. The van der Waals surface area contributed by atoms with Crippen LogP contribution in [0.3, 0.4) is 0 Å². The number of aromatic hydroxyl groups is 1. The molecular weight excluding hydrogens is 546 g/mol. The molecule has 0 atom stereocenters. The number of aryl methyl sites for hydroxylation is 3. The number of phenols is 1. The van der Waals surface area contributed by atoms with Crippen molar-refractivity contribution >= 4 is 11.8 Å². The minimum absolute atomic E-state index is 0.0766.